The second-order valence-corrected chi connectivity index (χ2v) is 9.52. The fraction of sp³-hybridized carbons (Fsp3) is 0.333. The second kappa shape index (κ2) is 8.31. The van der Waals surface area contributed by atoms with Gasteiger partial charge in [-0.05, 0) is 56.8 Å². The predicted octanol–water partition coefficient (Wildman–Crippen LogP) is 3.06. The highest BCUT2D eigenvalue weighted by atomic mass is 32.2. The normalized spacial score (nSPS) is 21.7. The molecule has 29 heavy (non-hydrogen) atoms. The number of amidine groups is 1. The van der Waals surface area contributed by atoms with Gasteiger partial charge in [-0.2, -0.15) is 5.26 Å². The van der Waals surface area contributed by atoms with Gasteiger partial charge in [0.05, 0.1) is 17.7 Å². The standard InChI is InChI=1S/C21H23FN4O2S/c1-21(2)20(24)25-19(12-26(3)29(21)27)17-10-16(8-9-18(17)22)28-13-15-6-4-14(11-23)5-7-15/h4-10,19H,12-13H2,1-3H3,(H2,24,25). The van der Waals surface area contributed by atoms with Gasteiger partial charge in [0.2, 0.25) is 0 Å². The molecule has 0 saturated heterocycles. The molecule has 2 aromatic rings. The van der Waals surface area contributed by atoms with Crippen LogP contribution < -0.4 is 10.5 Å². The van der Waals surface area contributed by atoms with E-state index in [1.165, 1.54) is 6.07 Å². The third kappa shape index (κ3) is 4.47. The Bertz CT molecular complexity index is 999. The lowest BCUT2D eigenvalue weighted by Gasteiger charge is -2.25. The Balaban J connectivity index is 1.84. The SMILES string of the molecule is CN1CC(c2cc(OCc3ccc(C#N)cc3)ccc2F)N=C(N)C(C)(C)S1=O. The number of benzene rings is 2. The summed E-state index contributed by atoms with van der Waals surface area (Å²) in [5.41, 5.74) is 7.90. The van der Waals surface area contributed by atoms with Crippen molar-refractivity contribution in [2.45, 2.75) is 31.2 Å². The van der Waals surface area contributed by atoms with Crippen molar-refractivity contribution in [2.24, 2.45) is 10.7 Å². The first-order valence-electron chi connectivity index (χ1n) is 9.10. The van der Waals surface area contributed by atoms with E-state index in [4.69, 9.17) is 15.7 Å². The predicted molar refractivity (Wildman–Crippen MR) is 111 cm³/mol. The van der Waals surface area contributed by atoms with Gasteiger partial charge in [0.1, 0.15) is 39.7 Å². The first kappa shape index (κ1) is 21.0. The van der Waals surface area contributed by atoms with E-state index in [2.05, 4.69) is 11.1 Å². The molecule has 8 heteroatoms. The number of nitrogens with two attached hydrogens (primary N) is 1. The van der Waals surface area contributed by atoms with Crippen molar-refractivity contribution in [1.82, 2.24) is 4.31 Å². The monoisotopic (exact) mass is 414 g/mol. The molecule has 152 valence electrons. The Morgan fingerprint density at radius 3 is 2.69 bits per heavy atom. The summed E-state index contributed by atoms with van der Waals surface area (Å²) in [5, 5.41) is 8.86. The molecule has 2 N–H and O–H groups in total. The molecule has 6 nitrogen and oxygen atoms in total. The lowest BCUT2D eigenvalue weighted by atomic mass is 10.1. The van der Waals surface area contributed by atoms with Gasteiger partial charge < -0.3 is 10.5 Å². The zero-order chi connectivity index (χ0) is 21.2. The average molecular weight is 415 g/mol. The maximum absolute atomic E-state index is 14.6. The largest absolute Gasteiger partial charge is 0.489 e. The lowest BCUT2D eigenvalue weighted by Crippen LogP contribution is -2.45. The molecule has 0 fully saturated rings. The summed E-state index contributed by atoms with van der Waals surface area (Å²) in [6, 6.07) is 13.0. The Hall–Kier alpha value is -2.76. The molecule has 1 aliphatic heterocycles. The van der Waals surface area contributed by atoms with Crippen molar-refractivity contribution in [3.05, 3.63) is 65.0 Å². The number of likely N-dealkylation sites (N-methyl/N-ethyl adjacent to an activating group) is 1. The molecular weight excluding hydrogens is 391 g/mol. The Morgan fingerprint density at radius 1 is 1.34 bits per heavy atom. The van der Waals surface area contributed by atoms with E-state index < -0.39 is 27.6 Å². The van der Waals surface area contributed by atoms with Crippen LogP contribution in [-0.4, -0.2) is 32.7 Å². The summed E-state index contributed by atoms with van der Waals surface area (Å²) < 4.78 is 33.8. The molecular formula is C21H23FN4O2S. The fourth-order valence-corrected chi connectivity index (χ4v) is 4.32. The van der Waals surface area contributed by atoms with Gasteiger partial charge in [0.15, 0.2) is 0 Å². The van der Waals surface area contributed by atoms with Crippen LogP contribution in [0.15, 0.2) is 47.5 Å². The maximum Gasteiger partial charge on any atom is 0.128 e. The van der Waals surface area contributed by atoms with E-state index in [1.807, 2.05) is 12.1 Å². The number of rotatable bonds is 4. The molecule has 0 bridgehead atoms. The zero-order valence-electron chi connectivity index (χ0n) is 16.6. The van der Waals surface area contributed by atoms with E-state index >= 15 is 0 Å². The quantitative estimate of drug-likeness (QED) is 0.832. The molecule has 0 aliphatic carbocycles. The average Bonchev–Trinajstić information content (AvgIpc) is 2.78. The smallest absolute Gasteiger partial charge is 0.128 e. The highest BCUT2D eigenvalue weighted by molar-refractivity contribution is 7.85. The van der Waals surface area contributed by atoms with Crippen LogP contribution in [0.5, 0.6) is 5.75 Å². The van der Waals surface area contributed by atoms with Gasteiger partial charge in [-0.3, -0.25) is 4.99 Å². The molecule has 0 radical (unpaired) electrons. The van der Waals surface area contributed by atoms with Crippen molar-refractivity contribution in [3.63, 3.8) is 0 Å². The van der Waals surface area contributed by atoms with Crippen LogP contribution in [0, 0.1) is 17.1 Å². The first-order chi connectivity index (χ1) is 13.7. The van der Waals surface area contributed by atoms with Crippen LogP contribution in [0.2, 0.25) is 0 Å². The number of hydrogen-bond donors (Lipinski definition) is 1. The second-order valence-electron chi connectivity index (χ2n) is 7.38. The summed E-state index contributed by atoms with van der Waals surface area (Å²) in [5.74, 6) is 0.302. The lowest BCUT2D eigenvalue weighted by molar-refractivity contribution is 0.305. The molecule has 1 heterocycles. The van der Waals surface area contributed by atoms with Crippen molar-refractivity contribution in [2.75, 3.05) is 13.6 Å². The van der Waals surface area contributed by atoms with Crippen LogP contribution in [0.25, 0.3) is 0 Å². The number of nitriles is 1. The Labute approximate surface area is 172 Å². The minimum Gasteiger partial charge on any atom is -0.489 e. The fourth-order valence-electron chi connectivity index (χ4n) is 3.03. The van der Waals surface area contributed by atoms with Crippen molar-refractivity contribution in [1.29, 1.82) is 5.26 Å². The van der Waals surface area contributed by atoms with Crippen LogP contribution in [-0.2, 0) is 17.6 Å². The van der Waals surface area contributed by atoms with Crippen LogP contribution in [0.1, 0.15) is 36.6 Å². The first-order valence-corrected chi connectivity index (χ1v) is 10.2. The molecule has 2 atom stereocenters. The summed E-state index contributed by atoms with van der Waals surface area (Å²) >= 11 is 0. The number of nitrogens with zero attached hydrogens (tertiary/aromatic N) is 3. The molecule has 0 aromatic heterocycles. The van der Waals surface area contributed by atoms with E-state index in [-0.39, 0.29) is 19.0 Å². The highest BCUT2D eigenvalue weighted by Crippen LogP contribution is 2.31. The van der Waals surface area contributed by atoms with E-state index in [0.29, 0.717) is 16.9 Å². The van der Waals surface area contributed by atoms with Crippen molar-refractivity contribution < 1.29 is 13.3 Å². The molecule has 3 rings (SSSR count). The minimum absolute atomic E-state index is 0.230. The van der Waals surface area contributed by atoms with Gasteiger partial charge in [-0.1, -0.05) is 12.1 Å². The van der Waals surface area contributed by atoms with E-state index in [9.17, 15) is 8.60 Å². The third-order valence-electron chi connectivity index (χ3n) is 4.88. The summed E-state index contributed by atoms with van der Waals surface area (Å²) in [4.78, 5) is 4.47. The summed E-state index contributed by atoms with van der Waals surface area (Å²) in [7, 11) is 0.331. The number of halogens is 1. The highest BCUT2D eigenvalue weighted by Gasteiger charge is 2.38. The molecule has 0 saturated carbocycles. The van der Waals surface area contributed by atoms with Crippen molar-refractivity contribution in [3.8, 4) is 11.8 Å². The summed E-state index contributed by atoms with van der Waals surface area (Å²) in [6.07, 6.45) is 0. The molecule has 0 amide bonds. The molecule has 0 spiro atoms. The molecule has 2 unspecified atom stereocenters. The Kier molecular flexibility index (Phi) is 6.01. The van der Waals surface area contributed by atoms with Crippen LogP contribution >= 0.6 is 0 Å². The maximum atomic E-state index is 14.6. The topological polar surface area (TPSA) is 91.7 Å². The zero-order valence-corrected chi connectivity index (χ0v) is 17.4. The van der Waals surface area contributed by atoms with Gasteiger partial charge in [-0.25, -0.2) is 12.9 Å². The number of ether oxygens (including phenoxy) is 1. The third-order valence-corrected chi connectivity index (χ3v) is 6.67. The van der Waals surface area contributed by atoms with E-state index in [0.717, 1.165) is 5.56 Å². The van der Waals surface area contributed by atoms with Gasteiger partial charge in [0, 0.05) is 12.1 Å². The number of hydrogen-bond acceptors (Lipinski definition) is 5. The van der Waals surface area contributed by atoms with Crippen molar-refractivity contribution >= 4 is 16.8 Å². The number of aliphatic imine (C=N–C) groups is 1. The van der Waals surface area contributed by atoms with E-state index in [1.54, 1.807) is 49.5 Å². The van der Waals surface area contributed by atoms with Gasteiger partial charge >= 0.3 is 0 Å². The van der Waals surface area contributed by atoms with Crippen LogP contribution in [0.3, 0.4) is 0 Å². The Morgan fingerprint density at radius 2 is 2.03 bits per heavy atom. The van der Waals surface area contributed by atoms with Crippen LogP contribution in [0.4, 0.5) is 4.39 Å². The molecule has 1 aliphatic rings. The van der Waals surface area contributed by atoms with Gasteiger partial charge in [-0.15, -0.1) is 0 Å². The summed E-state index contributed by atoms with van der Waals surface area (Å²) in [6.45, 7) is 4.07. The van der Waals surface area contributed by atoms with Gasteiger partial charge in [0.25, 0.3) is 0 Å². The minimum atomic E-state index is -1.38. The molecule has 2 aromatic carbocycles.